The van der Waals surface area contributed by atoms with Gasteiger partial charge in [-0.15, -0.1) is 0 Å². The minimum atomic E-state index is -2.45. The summed E-state index contributed by atoms with van der Waals surface area (Å²) in [7, 11) is 3.24. The van der Waals surface area contributed by atoms with Crippen LogP contribution in [-0.2, 0) is 10.4 Å². The van der Waals surface area contributed by atoms with Gasteiger partial charge in [0.2, 0.25) is 0 Å². The molecule has 11 nitrogen and oxygen atoms in total. The number of nitrogens with two attached hydrogens (primary N) is 1. The van der Waals surface area contributed by atoms with Gasteiger partial charge in [0.25, 0.3) is 5.91 Å². The van der Waals surface area contributed by atoms with Crippen molar-refractivity contribution < 1.29 is 35.1 Å². The fourth-order valence-electron chi connectivity index (χ4n) is 6.54. The fraction of sp³-hybridized carbons (Fsp3) is 0.500. The molecular formula is C22H26N4O7. The molecule has 0 spiro atoms. The quantitative estimate of drug-likeness (QED) is 0.281. The van der Waals surface area contributed by atoms with E-state index < -0.39 is 63.7 Å². The van der Waals surface area contributed by atoms with Gasteiger partial charge in [-0.25, -0.2) is 0 Å². The average Bonchev–Trinajstić information content (AvgIpc) is 2.98. The lowest BCUT2D eigenvalue weighted by atomic mass is 9.48. The minimum Gasteiger partial charge on any atom is -0.510 e. The summed E-state index contributed by atoms with van der Waals surface area (Å²) in [5.41, 5.74) is 0.762. The zero-order chi connectivity index (χ0) is 24.2. The summed E-state index contributed by atoms with van der Waals surface area (Å²) >= 11 is 0. The monoisotopic (exact) mass is 458 g/mol. The van der Waals surface area contributed by atoms with Gasteiger partial charge in [0.15, 0.2) is 17.1 Å². The molecule has 1 fully saturated rings. The van der Waals surface area contributed by atoms with E-state index in [1.807, 2.05) is 0 Å². The Morgan fingerprint density at radius 1 is 1.21 bits per heavy atom. The number of rotatable bonds is 2. The number of aliphatic hydroxyl groups excluding tert-OH is 1. The SMILES string of the molecule is CN(C)[C@@H]1C(O)=C(C(N)=O)C2=NN[C@@]3(O)C4C(=O)c5c(O)cccc5[C@@](C)(O)[C@H]4C[C@@H]1[C@@]23O. The molecule has 3 aliphatic carbocycles. The number of phenols is 1. The third-order valence-corrected chi connectivity index (χ3v) is 7.97. The molecule has 11 heteroatoms. The Hall–Kier alpha value is -2.99. The average molecular weight is 458 g/mol. The number of amides is 1. The summed E-state index contributed by atoms with van der Waals surface area (Å²) < 4.78 is 0. The number of primary amides is 1. The van der Waals surface area contributed by atoms with E-state index in [2.05, 4.69) is 10.5 Å². The van der Waals surface area contributed by atoms with Gasteiger partial charge in [-0.2, -0.15) is 5.10 Å². The third-order valence-electron chi connectivity index (χ3n) is 7.97. The van der Waals surface area contributed by atoms with Gasteiger partial charge in [-0.1, -0.05) is 12.1 Å². The Bertz CT molecular complexity index is 1180. The molecule has 0 radical (unpaired) electrons. The van der Waals surface area contributed by atoms with Gasteiger partial charge in [0.1, 0.15) is 22.8 Å². The first-order valence-electron chi connectivity index (χ1n) is 10.6. The summed E-state index contributed by atoms with van der Waals surface area (Å²) in [6.45, 7) is 1.48. The molecule has 176 valence electrons. The fourth-order valence-corrected chi connectivity index (χ4v) is 6.54. The van der Waals surface area contributed by atoms with Gasteiger partial charge in [0.05, 0.1) is 23.1 Å². The lowest BCUT2D eigenvalue weighted by molar-refractivity contribution is -0.237. The number of hydrogen-bond donors (Lipinski definition) is 7. The molecule has 8 N–H and O–H groups in total. The molecule has 1 amide bonds. The number of likely N-dealkylation sites (N-methyl/N-ethyl adjacent to an activating group) is 1. The van der Waals surface area contributed by atoms with Crippen LogP contribution < -0.4 is 11.2 Å². The standard InChI is InChI=1S/C22H26N4O7/c1-20(31)8-5-4-6-11(27)12(8)16(28)14-9(20)7-10-15(26(2)3)17(29)13(19(23)30)18-21(10,32)22(14,33)25-24-18/h4-6,9-10,14-15,25,27,29,31-33H,7H2,1-3H3,(H2,23,30)/t9-,10-,14?,15-,20+,21+,22+/m0/s1. The normalized spacial score (nSPS) is 41.2. The molecule has 7 atom stereocenters. The number of ketones is 1. The summed E-state index contributed by atoms with van der Waals surface area (Å²) in [6, 6.07) is 3.37. The predicted molar refractivity (Wildman–Crippen MR) is 114 cm³/mol. The van der Waals surface area contributed by atoms with Crippen LogP contribution in [0.1, 0.15) is 29.3 Å². The maximum absolute atomic E-state index is 13.7. The van der Waals surface area contributed by atoms with Gasteiger partial charge >= 0.3 is 0 Å². The van der Waals surface area contributed by atoms with Crippen LogP contribution in [0.2, 0.25) is 0 Å². The van der Waals surface area contributed by atoms with Crippen LogP contribution in [0.15, 0.2) is 34.6 Å². The number of carbonyl (C=O) groups excluding carboxylic acids is 2. The molecular weight excluding hydrogens is 432 g/mol. The molecule has 0 bridgehead atoms. The molecule has 1 aliphatic heterocycles. The molecule has 1 heterocycles. The van der Waals surface area contributed by atoms with E-state index in [0.29, 0.717) is 0 Å². The number of nitrogens with one attached hydrogen (secondary N) is 1. The number of hydrazone groups is 1. The number of aromatic hydroxyl groups is 1. The number of nitrogens with zero attached hydrogens (tertiary/aromatic N) is 2. The van der Waals surface area contributed by atoms with Crippen molar-refractivity contribution in [3.63, 3.8) is 0 Å². The number of Topliss-reactive ketones (excluding diaryl/α,β-unsaturated/α-hetero) is 1. The lowest BCUT2D eigenvalue weighted by Crippen LogP contribution is -2.79. The highest BCUT2D eigenvalue weighted by molar-refractivity contribution is 6.26. The molecule has 33 heavy (non-hydrogen) atoms. The summed E-state index contributed by atoms with van der Waals surface area (Å²) in [5, 5.41) is 60.9. The van der Waals surface area contributed by atoms with E-state index in [1.165, 1.54) is 25.1 Å². The Labute approximate surface area is 188 Å². The van der Waals surface area contributed by atoms with Crippen molar-refractivity contribution in [2.75, 3.05) is 14.1 Å². The maximum atomic E-state index is 13.7. The highest BCUT2D eigenvalue weighted by Crippen LogP contribution is 2.61. The van der Waals surface area contributed by atoms with E-state index in [4.69, 9.17) is 5.73 Å². The van der Waals surface area contributed by atoms with Crippen LogP contribution in [0.3, 0.4) is 0 Å². The number of fused-ring (bicyclic) bond motifs is 3. The van der Waals surface area contributed by atoms with Gasteiger partial charge in [0, 0.05) is 11.8 Å². The van der Waals surface area contributed by atoms with Crippen LogP contribution in [0.25, 0.3) is 0 Å². The number of benzene rings is 1. The second-order valence-electron chi connectivity index (χ2n) is 9.78. The largest absolute Gasteiger partial charge is 0.510 e. The van der Waals surface area contributed by atoms with Crippen LogP contribution >= 0.6 is 0 Å². The zero-order valence-corrected chi connectivity index (χ0v) is 18.3. The van der Waals surface area contributed by atoms with Crippen molar-refractivity contribution >= 4 is 17.4 Å². The van der Waals surface area contributed by atoms with Crippen molar-refractivity contribution in [2.45, 2.75) is 36.3 Å². The van der Waals surface area contributed by atoms with Crippen molar-refractivity contribution in [1.29, 1.82) is 0 Å². The lowest BCUT2D eigenvalue weighted by Gasteiger charge is -2.60. The maximum Gasteiger partial charge on any atom is 0.254 e. The van der Waals surface area contributed by atoms with Crippen molar-refractivity contribution in [3.05, 3.63) is 40.7 Å². The van der Waals surface area contributed by atoms with Crippen LogP contribution in [-0.4, -0.2) is 79.3 Å². The first-order valence-corrected chi connectivity index (χ1v) is 10.6. The van der Waals surface area contributed by atoms with E-state index in [-0.39, 0.29) is 29.0 Å². The molecule has 1 aromatic carbocycles. The van der Waals surface area contributed by atoms with Gasteiger partial charge in [-0.05, 0) is 39.1 Å². The van der Waals surface area contributed by atoms with E-state index in [9.17, 15) is 35.1 Å². The molecule has 0 aromatic heterocycles. The molecule has 5 rings (SSSR count). The van der Waals surface area contributed by atoms with Gasteiger partial charge in [-0.3, -0.25) is 19.9 Å². The van der Waals surface area contributed by atoms with Crippen molar-refractivity contribution in [1.82, 2.24) is 10.3 Å². The van der Waals surface area contributed by atoms with E-state index in [0.717, 1.165) is 0 Å². The molecule has 1 aromatic rings. The predicted octanol–water partition coefficient (Wildman–Crippen LogP) is -1.33. The van der Waals surface area contributed by atoms with Crippen molar-refractivity contribution in [2.24, 2.45) is 28.6 Å². The number of carbonyl (C=O) groups is 2. The molecule has 1 saturated carbocycles. The van der Waals surface area contributed by atoms with E-state index >= 15 is 0 Å². The molecule has 1 unspecified atom stereocenters. The summed E-state index contributed by atoms with van der Waals surface area (Å²) in [4.78, 5) is 27.5. The number of hydrogen-bond acceptors (Lipinski definition) is 10. The summed E-state index contributed by atoms with van der Waals surface area (Å²) in [5.74, 6) is -5.85. The van der Waals surface area contributed by atoms with Crippen molar-refractivity contribution in [3.8, 4) is 5.75 Å². The Balaban J connectivity index is 1.79. The molecule has 4 aliphatic rings. The van der Waals surface area contributed by atoms with Crippen LogP contribution in [0.5, 0.6) is 5.75 Å². The van der Waals surface area contributed by atoms with Gasteiger partial charge < -0.3 is 31.3 Å². The highest BCUT2D eigenvalue weighted by atomic mass is 16.4. The smallest absolute Gasteiger partial charge is 0.254 e. The second-order valence-corrected chi connectivity index (χ2v) is 9.78. The highest BCUT2D eigenvalue weighted by Gasteiger charge is 2.77. The number of aliphatic hydroxyl groups is 4. The van der Waals surface area contributed by atoms with E-state index in [1.54, 1.807) is 19.0 Å². The Morgan fingerprint density at radius 3 is 2.48 bits per heavy atom. The van der Waals surface area contributed by atoms with Crippen LogP contribution in [0.4, 0.5) is 0 Å². The zero-order valence-electron chi connectivity index (χ0n) is 18.3. The number of phenolic OH excluding ortho intramolecular Hbond substituents is 1. The first kappa shape index (κ1) is 21.8. The topological polar surface area (TPSA) is 189 Å². The first-order chi connectivity index (χ1) is 15.3. The third kappa shape index (κ3) is 2.30. The summed E-state index contributed by atoms with van der Waals surface area (Å²) in [6.07, 6.45) is -0.0169. The van der Waals surface area contributed by atoms with Crippen LogP contribution in [0, 0.1) is 17.8 Å². The Kier molecular flexibility index (Phi) is 4.18. The molecule has 0 saturated heterocycles. The minimum absolute atomic E-state index is 0.0169. The Morgan fingerprint density at radius 2 is 1.88 bits per heavy atom. The second kappa shape index (κ2) is 6.32.